The van der Waals surface area contributed by atoms with Crippen molar-refractivity contribution in [1.29, 1.82) is 0 Å². The van der Waals surface area contributed by atoms with E-state index < -0.39 is 5.97 Å². The zero-order chi connectivity index (χ0) is 9.84. The number of carboxylic acids is 1. The summed E-state index contributed by atoms with van der Waals surface area (Å²) < 4.78 is 11.9. The Balaban J connectivity index is 2.40. The van der Waals surface area contributed by atoms with Crippen LogP contribution in [0.4, 0.5) is 4.39 Å². The number of alkyl halides is 1. The van der Waals surface area contributed by atoms with Crippen molar-refractivity contribution >= 4 is 5.97 Å². The van der Waals surface area contributed by atoms with E-state index in [1.54, 1.807) is 0 Å². The Bertz CT molecular complexity index is 186. The van der Waals surface area contributed by atoms with Gasteiger partial charge in [0.15, 0.2) is 0 Å². The van der Waals surface area contributed by atoms with E-state index in [9.17, 15) is 9.18 Å². The molecule has 0 spiro atoms. The Morgan fingerprint density at radius 3 is 2.85 bits per heavy atom. The average Bonchev–Trinajstić information content (AvgIpc) is 2.43. The lowest BCUT2D eigenvalue weighted by atomic mass is 10.0. The van der Waals surface area contributed by atoms with Crippen molar-refractivity contribution < 1.29 is 14.3 Å². The Kier molecular flexibility index (Phi) is 3.66. The maximum absolute atomic E-state index is 11.9. The third-order valence-electron chi connectivity index (χ3n) is 2.78. The highest BCUT2D eigenvalue weighted by Gasteiger charge is 2.34. The minimum absolute atomic E-state index is 0.0593. The molecule has 0 aliphatic carbocycles. The lowest BCUT2D eigenvalue weighted by Crippen LogP contribution is -2.33. The van der Waals surface area contributed by atoms with E-state index >= 15 is 0 Å². The fourth-order valence-electron chi connectivity index (χ4n) is 1.91. The van der Waals surface area contributed by atoms with Gasteiger partial charge in [0.2, 0.25) is 0 Å². The molecule has 0 amide bonds. The number of hydrogen-bond donors (Lipinski definition) is 1. The summed E-state index contributed by atoms with van der Waals surface area (Å²) in [4.78, 5) is 12.8. The highest BCUT2D eigenvalue weighted by Crippen LogP contribution is 2.24. The summed E-state index contributed by atoms with van der Waals surface area (Å²) in [6.45, 7) is 3.06. The van der Waals surface area contributed by atoms with Crippen LogP contribution < -0.4 is 0 Å². The van der Waals surface area contributed by atoms with Gasteiger partial charge in [-0.3, -0.25) is 14.1 Å². The molecule has 2 atom stereocenters. The van der Waals surface area contributed by atoms with Crippen molar-refractivity contribution in [3.05, 3.63) is 0 Å². The summed E-state index contributed by atoms with van der Waals surface area (Å²) in [6.07, 6.45) is 1.21. The van der Waals surface area contributed by atoms with E-state index in [2.05, 4.69) is 4.90 Å². The molecule has 4 heteroatoms. The van der Waals surface area contributed by atoms with Crippen LogP contribution in [-0.4, -0.2) is 41.8 Å². The van der Waals surface area contributed by atoms with Crippen LogP contribution in [0.1, 0.15) is 19.8 Å². The number of carbonyl (C=O) groups is 1. The number of carboxylic acid groups (broad SMARTS) is 1. The Hall–Kier alpha value is -0.640. The highest BCUT2D eigenvalue weighted by atomic mass is 19.1. The number of likely N-dealkylation sites (tertiary alicyclic amines) is 1. The smallest absolute Gasteiger partial charge is 0.308 e. The summed E-state index contributed by atoms with van der Waals surface area (Å²) in [5.74, 6) is -0.991. The highest BCUT2D eigenvalue weighted by molar-refractivity contribution is 5.71. The van der Waals surface area contributed by atoms with Gasteiger partial charge in [-0.15, -0.1) is 0 Å². The number of aliphatic carboxylic acids is 1. The van der Waals surface area contributed by atoms with Gasteiger partial charge in [0.25, 0.3) is 0 Å². The van der Waals surface area contributed by atoms with Gasteiger partial charge in [0, 0.05) is 12.6 Å². The zero-order valence-corrected chi connectivity index (χ0v) is 7.87. The first kappa shape index (κ1) is 10.4. The molecule has 13 heavy (non-hydrogen) atoms. The average molecular weight is 189 g/mol. The van der Waals surface area contributed by atoms with Gasteiger partial charge in [-0.2, -0.15) is 0 Å². The number of halogens is 1. The van der Waals surface area contributed by atoms with E-state index in [4.69, 9.17) is 5.11 Å². The van der Waals surface area contributed by atoms with Crippen molar-refractivity contribution in [1.82, 2.24) is 4.90 Å². The maximum atomic E-state index is 11.9. The van der Waals surface area contributed by atoms with Crippen LogP contribution >= 0.6 is 0 Å². The molecule has 0 aromatic rings. The minimum atomic E-state index is -0.727. The van der Waals surface area contributed by atoms with Crippen molar-refractivity contribution in [2.24, 2.45) is 5.92 Å². The third kappa shape index (κ3) is 2.40. The van der Waals surface area contributed by atoms with Gasteiger partial charge in [-0.05, 0) is 26.3 Å². The standard InChI is InChI=1S/C9H16FNO2/c1-7-8(9(12)13)3-6-11(7)5-2-4-10/h7-8H,2-6H2,1H3,(H,12,13). The van der Waals surface area contributed by atoms with Gasteiger partial charge in [-0.25, -0.2) is 0 Å². The van der Waals surface area contributed by atoms with Gasteiger partial charge in [0.1, 0.15) is 0 Å². The van der Waals surface area contributed by atoms with Crippen LogP contribution in [-0.2, 0) is 4.79 Å². The molecule has 0 bridgehead atoms. The molecule has 1 rings (SSSR count). The minimum Gasteiger partial charge on any atom is -0.481 e. The van der Waals surface area contributed by atoms with E-state index in [1.165, 1.54) is 0 Å². The molecule has 1 aliphatic rings. The normalized spacial score (nSPS) is 29.4. The van der Waals surface area contributed by atoms with Gasteiger partial charge < -0.3 is 5.11 Å². The first-order chi connectivity index (χ1) is 6.16. The first-order valence-electron chi connectivity index (χ1n) is 4.69. The quantitative estimate of drug-likeness (QED) is 0.721. The molecule has 1 aliphatic heterocycles. The monoisotopic (exact) mass is 189 g/mol. The van der Waals surface area contributed by atoms with Crippen molar-refractivity contribution in [3.8, 4) is 0 Å². The molecule has 1 saturated heterocycles. The van der Waals surface area contributed by atoms with Gasteiger partial charge in [-0.1, -0.05) is 0 Å². The molecule has 1 heterocycles. The number of hydrogen-bond acceptors (Lipinski definition) is 2. The van der Waals surface area contributed by atoms with Crippen LogP contribution in [0.15, 0.2) is 0 Å². The lowest BCUT2D eigenvalue weighted by molar-refractivity contribution is -0.142. The van der Waals surface area contributed by atoms with Gasteiger partial charge >= 0.3 is 5.97 Å². The molecule has 76 valence electrons. The molecule has 2 unspecified atom stereocenters. The van der Waals surface area contributed by atoms with Crippen molar-refractivity contribution in [3.63, 3.8) is 0 Å². The van der Waals surface area contributed by atoms with E-state index in [1.807, 2.05) is 6.92 Å². The van der Waals surface area contributed by atoms with Crippen LogP contribution in [0, 0.1) is 5.92 Å². The summed E-state index contributed by atoms with van der Waals surface area (Å²) >= 11 is 0. The van der Waals surface area contributed by atoms with Crippen molar-refractivity contribution in [2.45, 2.75) is 25.8 Å². The van der Waals surface area contributed by atoms with E-state index in [-0.39, 0.29) is 18.6 Å². The predicted octanol–water partition coefficient (Wildman–Crippen LogP) is 1.14. The summed E-state index contributed by atoms with van der Waals surface area (Å²) in [6, 6.07) is 0.0593. The fourth-order valence-corrected chi connectivity index (χ4v) is 1.91. The number of rotatable bonds is 4. The second-order valence-electron chi connectivity index (χ2n) is 3.55. The Morgan fingerprint density at radius 1 is 1.69 bits per heavy atom. The lowest BCUT2D eigenvalue weighted by Gasteiger charge is -2.22. The number of nitrogens with zero attached hydrogens (tertiary/aromatic N) is 1. The molecular weight excluding hydrogens is 173 g/mol. The Labute approximate surface area is 77.5 Å². The topological polar surface area (TPSA) is 40.5 Å². The summed E-state index contributed by atoms with van der Waals surface area (Å²) in [7, 11) is 0. The molecule has 0 saturated carbocycles. The zero-order valence-electron chi connectivity index (χ0n) is 7.87. The summed E-state index contributed by atoms with van der Waals surface area (Å²) in [5.41, 5.74) is 0. The van der Waals surface area contributed by atoms with Crippen LogP contribution in [0.3, 0.4) is 0 Å². The second-order valence-corrected chi connectivity index (χ2v) is 3.55. The first-order valence-corrected chi connectivity index (χ1v) is 4.69. The molecule has 0 aromatic carbocycles. The Morgan fingerprint density at radius 2 is 2.38 bits per heavy atom. The van der Waals surface area contributed by atoms with Crippen LogP contribution in [0.25, 0.3) is 0 Å². The van der Waals surface area contributed by atoms with Gasteiger partial charge in [0.05, 0.1) is 12.6 Å². The SMILES string of the molecule is CC1C(C(=O)O)CCN1CCCF. The fraction of sp³-hybridized carbons (Fsp3) is 0.889. The molecular formula is C9H16FNO2. The van der Waals surface area contributed by atoms with E-state index in [0.717, 1.165) is 6.54 Å². The summed E-state index contributed by atoms with van der Waals surface area (Å²) in [5, 5.41) is 8.83. The molecule has 0 aromatic heterocycles. The molecule has 1 fully saturated rings. The van der Waals surface area contributed by atoms with E-state index in [0.29, 0.717) is 19.4 Å². The molecule has 1 N–H and O–H groups in total. The second kappa shape index (κ2) is 4.56. The van der Waals surface area contributed by atoms with Crippen molar-refractivity contribution in [2.75, 3.05) is 19.8 Å². The third-order valence-corrected chi connectivity index (χ3v) is 2.78. The largest absolute Gasteiger partial charge is 0.481 e. The van der Waals surface area contributed by atoms with Crippen LogP contribution in [0.2, 0.25) is 0 Å². The maximum Gasteiger partial charge on any atom is 0.308 e. The van der Waals surface area contributed by atoms with Crippen LogP contribution in [0.5, 0.6) is 0 Å². The molecule has 0 radical (unpaired) electrons. The molecule has 3 nitrogen and oxygen atoms in total. The predicted molar refractivity (Wildman–Crippen MR) is 47.4 cm³/mol.